The molecule has 34 heavy (non-hydrogen) atoms. The Morgan fingerprint density at radius 2 is 1.76 bits per heavy atom. The molecule has 1 amide bonds. The number of nitrogens with one attached hydrogen (secondary N) is 3. The van der Waals surface area contributed by atoms with Gasteiger partial charge < -0.3 is 16.0 Å². The zero-order chi connectivity index (χ0) is 24.7. The van der Waals surface area contributed by atoms with Gasteiger partial charge in [0.1, 0.15) is 0 Å². The number of halogens is 3. The molecule has 4 nitrogen and oxygen atoms in total. The van der Waals surface area contributed by atoms with Crippen molar-refractivity contribution in [3.8, 4) is 11.8 Å². The van der Waals surface area contributed by atoms with Crippen molar-refractivity contribution in [2.45, 2.75) is 39.5 Å². The lowest BCUT2D eigenvalue weighted by Gasteiger charge is -2.29. The first-order chi connectivity index (χ1) is 16.4. The van der Waals surface area contributed by atoms with Gasteiger partial charge in [0.25, 0.3) is 5.91 Å². The highest BCUT2D eigenvalue weighted by atomic mass is 19.4. The number of rotatable bonds is 5. The highest BCUT2D eigenvalue weighted by Gasteiger charge is 2.35. The Balaban J connectivity index is 0.00000158. The SMILES string of the molecule is CC.CC#Cc1ccc(CNC(=O)c2cc(NC3CNC3)ccc2C(F)(F)F)c2ccccc12. The molecule has 0 atom stereocenters. The van der Waals surface area contributed by atoms with E-state index >= 15 is 0 Å². The summed E-state index contributed by atoms with van der Waals surface area (Å²) in [5, 5.41) is 10.7. The van der Waals surface area contributed by atoms with Gasteiger partial charge in [-0.3, -0.25) is 4.79 Å². The fourth-order valence-corrected chi connectivity index (χ4v) is 3.73. The van der Waals surface area contributed by atoms with Gasteiger partial charge in [0.2, 0.25) is 0 Å². The van der Waals surface area contributed by atoms with Gasteiger partial charge in [0.05, 0.1) is 17.2 Å². The summed E-state index contributed by atoms with van der Waals surface area (Å²) in [6.45, 7) is 7.31. The smallest absolute Gasteiger partial charge is 0.380 e. The van der Waals surface area contributed by atoms with Crippen LogP contribution in [0.3, 0.4) is 0 Å². The number of hydrogen-bond donors (Lipinski definition) is 3. The first kappa shape index (κ1) is 25.1. The number of alkyl halides is 3. The minimum atomic E-state index is -4.63. The monoisotopic (exact) mass is 467 g/mol. The van der Waals surface area contributed by atoms with Crippen LogP contribution in [0.15, 0.2) is 54.6 Å². The van der Waals surface area contributed by atoms with E-state index in [1.807, 2.05) is 50.2 Å². The average molecular weight is 468 g/mol. The molecule has 0 saturated carbocycles. The third-order valence-electron chi connectivity index (χ3n) is 5.44. The van der Waals surface area contributed by atoms with Crippen LogP contribution in [0.4, 0.5) is 18.9 Å². The number of benzene rings is 3. The summed E-state index contributed by atoms with van der Waals surface area (Å²) >= 11 is 0. The van der Waals surface area contributed by atoms with Crippen LogP contribution in [0.5, 0.6) is 0 Å². The molecule has 0 aromatic heterocycles. The molecular formula is C27H28F3N3O. The van der Waals surface area contributed by atoms with Crippen molar-refractivity contribution in [1.29, 1.82) is 0 Å². The summed E-state index contributed by atoms with van der Waals surface area (Å²) in [7, 11) is 0. The molecule has 3 aromatic rings. The molecule has 0 radical (unpaired) electrons. The van der Waals surface area contributed by atoms with Gasteiger partial charge in [0.15, 0.2) is 0 Å². The van der Waals surface area contributed by atoms with E-state index in [-0.39, 0.29) is 12.6 Å². The number of amides is 1. The summed E-state index contributed by atoms with van der Waals surface area (Å²) in [6.07, 6.45) is -4.63. The first-order valence-electron chi connectivity index (χ1n) is 11.3. The van der Waals surface area contributed by atoms with Crippen molar-refractivity contribution >= 4 is 22.4 Å². The number of fused-ring (bicyclic) bond motifs is 1. The highest BCUT2D eigenvalue weighted by Crippen LogP contribution is 2.33. The zero-order valence-electron chi connectivity index (χ0n) is 19.4. The van der Waals surface area contributed by atoms with Crippen LogP contribution >= 0.6 is 0 Å². The van der Waals surface area contributed by atoms with Crippen LogP contribution in [0, 0.1) is 11.8 Å². The molecule has 1 saturated heterocycles. The minimum Gasteiger partial charge on any atom is -0.380 e. The average Bonchev–Trinajstić information content (AvgIpc) is 2.81. The third kappa shape index (κ3) is 5.70. The fraction of sp³-hybridized carbons (Fsp3) is 0.296. The Bertz CT molecular complexity index is 1220. The Morgan fingerprint density at radius 3 is 2.38 bits per heavy atom. The summed E-state index contributed by atoms with van der Waals surface area (Å²) in [5.41, 5.74) is 0.807. The maximum absolute atomic E-state index is 13.5. The van der Waals surface area contributed by atoms with E-state index in [1.54, 1.807) is 6.92 Å². The second-order valence-electron chi connectivity index (χ2n) is 7.63. The van der Waals surface area contributed by atoms with Crippen LogP contribution in [-0.2, 0) is 12.7 Å². The molecular weight excluding hydrogens is 439 g/mol. The first-order valence-corrected chi connectivity index (χ1v) is 11.3. The van der Waals surface area contributed by atoms with Gasteiger partial charge in [-0.1, -0.05) is 50.1 Å². The standard InChI is InChI=1S/C25H22F3N3O.C2H6/c1-2-5-16-8-9-17(21-7-4-3-6-20(16)21)13-30-24(32)22-12-18(31-19-14-29-15-19)10-11-23(22)25(26,27)28;1-2/h3-4,6-12,19,29,31H,13-15H2,1H3,(H,30,32);1-2H3. The van der Waals surface area contributed by atoms with E-state index in [0.29, 0.717) is 5.69 Å². The van der Waals surface area contributed by atoms with Crippen molar-refractivity contribution in [3.63, 3.8) is 0 Å². The largest absolute Gasteiger partial charge is 0.417 e. The third-order valence-corrected chi connectivity index (χ3v) is 5.44. The van der Waals surface area contributed by atoms with Crippen molar-refractivity contribution in [2.75, 3.05) is 18.4 Å². The van der Waals surface area contributed by atoms with Gasteiger partial charge in [-0.25, -0.2) is 0 Å². The predicted octanol–water partition coefficient (Wildman–Crippen LogP) is 5.57. The van der Waals surface area contributed by atoms with Gasteiger partial charge in [-0.05, 0) is 47.5 Å². The molecule has 1 aliphatic rings. The Kier molecular flexibility index (Phi) is 8.19. The molecule has 3 aromatic carbocycles. The number of carbonyl (C=O) groups is 1. The van der Waals surface area contributed by atoms with Crippen LogP contribution < -0.4 is 16.0 Å². The second-order valence-corrected chi connectivity index (χ2v) is 7.63. The molecule has 0 unspecified atom stereocenters. The van der Waals surface area contributed by atoms with Crippen molar-refractivity contribution in [3.05, 3.63) is 76.9 Å². The van der Waals surface area contributed by atoms with Gasteiger partial charge in [0, 0.05) is 30.9 Å². The lowest BCUT2D eigenvalue weighted by atomic mass is 9.99. The van der Waals surface area contributed by atoms with Crippen molar-refractivity contribution < 1.29 is 18.0 Å². The summed E-state index contributed by atoms with van der Waals surface area (Å²) in [6, 6.07) is 15.1. The lowest BCUT2D eigenvalue weighted by molar-refractivity contribution is -0.137. The zero-order valence-corrected chi connectivity index (χ0v) is 19.4. The van der Waals surface area contributed by atoms with Crippen LogP contribution in [0.25, 0.3) is 10.8 Å². The van der Waals surface area contributed by atoms with Gasteiger partial charge in [-0.15, -0.1) is 5.92 Å². The summed E-state index contributed by atoms with van der Waals surface area (Å²) in [4.78, 5) is 12.8. The number of carbonyl (C=O) groups excluding carboxylic acids is 1. The Hall–Kier alpha value is -3.50. The van der Waals surface area contributed by atoms with E-state index < -0.39 is 23.2 Å². The van der Waals surface area contributed by atoms with Gasteiger partial charge >= 0.3 is 6.18 Å². The molecule has 0 spiro atoms. The van der Waals surface area contributed by atoms with Crippen LogP contribution in [-0.4, -0.2) is 25.0 Å². The fourth-order valence-electron chi connectivity index (χ4n) is 3.73. The molecule has 3 N–H and O–H groups in total. The lowest BCUT2D eigenvalue weighted by Crippen LogP contribution is -2.51. The van der Waals surface area contributed by atoms with Crippen molar-refractivity contribution in [1.82, 2.24) is 10.6 Å². The van der Waals surface area contributed by atoms with E-state index in [1.165, 1.54) is 12.1 Å². The van der Waals surface area contributed by atoms with Crippen LogP contribution in [0.1, 0.15) is 47.8 Å². The molecule has 0 bridgehead atoms. The minimum absolute atomic E-state index is 0.0979. The van der Waals surface area contributed by atoms with Crippen molar-refractivity contribution in [2.24, 2.45) is 0 Å². The maximum atomic E-state index is 13.5. The highest BCUT2D eigenvalue weighted by molar-refractivity contribution is 5.97. The molecule has 178 valence electrons. The van der Waals surface area contributed by atoms with Gasteiger partial charge in [-0.2, -0.15) is 13.2 Å². The quantitative estimate of drug-likeness (QED) is 0.430. The maximum Gasteiger partial charge on any atom is 0.417 e. The molecule has 1 aliphatic heterocycles. The summed E-state index contributed by atoms with van der Waals surface area (Å²) in [5.74, 6) is 5.16. The molecule has 1 fully saturated rings. The predicted molar refractivity (Wildman–Crippen MR) is 131 cm³/mol. The van der Waals surface area contributed by atoms with E-state index in [0.717, 1.165) is 41.1 Å². The van der Waals surface area contributed by atoms with E-state index in [9.17, 15) is 18.0 Å². The molecule has 4 rings (SSSR count). The number of hydrogen-bond acceptors (Lipinski definition) is 3. The number of anilines is 1. The van der Waals surface area contributed by atoms with Crippen LogP contribution in [0.2, 0.25) is 0 Å². The van der Waals surface area contributed by atoms with E-state index in [4.69, 9.17) is 0 Å². The Morgan fingerprint density at radius 1 is 1.06 bits per heavy atom. The topological polar surface area (TPSA) is 53.2 Å². The second kappa shape index (κ2) is 11.1. The normalized spacial score (nSPS) is 13.1. The molecule has 1 heterocycles. The molecule has 0 aliphatic carbocycles. The van der Waals surface area contributed by atoms with E-state index in [2.05, 4.69) is 27.8 Å². The Labute approximate surface area is 197 Å². The summed E-state index contributed by atoms with van der Waals surface area (Å²) < 4.78 is 40.6. The molecule has 7 heteroatoms.